The van der Waals surface area contributed by atoms with Crippen molar-refractivity contribution in [3.8, 4) is 0 Å². The first-order valence-electron chi connectivity index (χ1n) is 8.78. The van der Waals surface area contributed by atoms with Gasteiger partial charge >= 0.3 is 0 Å². The highest BCUT2D eigenvalue weighted by molar-refractivity contribution is 6.04. The fourth-order valence-corrected chi connectivity index (χ4v) is 3.07. The number of amides is 1. The third-order valence-electron chi connectivity index (χ3n) is 4.65. The van der Waals surface area contributed by atoms with Crippen molar-refractivity contribution >= 4 is 23.2 Å². The molecule has 2 aromatic heterocycles. The maximum Gasteiger partial charge on any atom is 0.262 e. The molecule has 0 bridgehead atoms. The summed E-state index contributed by atoms with van der Waals surface area (Å²) in [5.41, 5.74) is 2.10. The SMILES string of the molecule is CC1=C(c2cnc(NC(=O)c3c(F)cccc3F)cn2)CN(c2nnn[nH]2)CC1. The minimum Gasteiger partial charge on any atom is -0.335 e. The summed E-state index contributed by atoms with van der Waals surface area (Å²) in [5, 5.41) is 16.2. The number of hydrogen-bond acceptors (Lipinski definition) is 7. The van der Waals surface area contributed by atoms with Gasteiger partial charge in [-0.2, -0.15) is 0 Å². The number of aromatic amines is 1. The summed E-state index contributed by atoms with van der Waals surface area (Å²) in [7, 11) is 0. The van der Waals surface area contributed by atoms with E-state index in [2.05, 4.69) is 35.9 Å². The number of carbonyl (C=O) groups is 1. The third-order valence-corrected chi connectivity index (χ3v) is 4.65. The molecular weight excluding hydrogens is 382 g/mol. The second-order valence-corrected chi connectivity index (χ2v) is 6.49. The molecule has 0 spiro atoms. The highest BCUT2D eigenvalue weighted by Crippen LogP contribution is 2.26. The smallest absolute Gasteiger partial charge is 0.262 e. The molecule has 1 aliphatic heterocycles. The van der Waals surface area contributed by atoms with Crippen LogP contribution in [0, 0.1) is 11.6 Å². The van der Waals surface area contributed by atoms with Gasteiger partial charge in [0.15, 0.2) is 5.82 Å². The molecule has 1 amide bonds. The lowest BCUT2D eigenvalue weighted by Gasteiger charge is -2.28. The van der Waals surface area contributed by atoms with Gasteiger partial charge in [-0.25, -0.2) is 18.9 Å². The number of benzene rings is 1. The van der Waals surface area contributed by atoms with Crippen LogP contribution in [0.15, 0.2) is 36.2 Å². The predicted molar refractivity (Wildman–Crippen MR) is 99.9 cm³/mol. The van der Waals surface area contributed by atoms with Crippen LogP contribution in [-0.2, 0) is 0 Å². The molecule has 1 aromatic carbocycles. The monoisotopic (exact) mass is 398 g/mol. The van der Waals surface area contributed by atoms with Crippen LogP contribution in [0.1, 0.15) is 29.4 Å². The summed E-state index contributed by atoms with van der Waals surface area (Å²) < 4.78 is 27.5. The topological polar surface area (TPSA) is 113 Å². The Kier molecular flexibility index (Phi) is 4.94. The van der Waals surface area contributed by atoms with E-state index in [0.29, 0.717) is 18.2 Å². The number of tetrazole rings is 1. The van der Waals surface area contributed by atoms with Crippen LogP contribution in [0.4, 0.5) is 20.5 Å². The van der Waals surface area contributed by atoms with Crippen LogP contribution in [0.5, 0.6) is 0 Å². The van der Waals surface area contributed by atoms with Crippen LogP contribution in [0.3, 0.4) is 0 Å². The molecule has 0 atom stereocenters. The van der Waals surface area contributed by atoms with Gasteiger partial charge in [0.1, 0.15) is 17.2 Å². The van der Waals surface area contributed by atoms with E-state index in [4.69, 9.17) is 0 Å². The van der Waals surface area contributed by atoms with Gasteiger partial charge in [0.25, 0.3) is 5.91 Å². The normalized spacial score (nSPS) is 14.2. The van der Waals surface area contributed by atoms with Gasteiger partial charge in [0.2, 0.25) is 5.95 Å². The number of nitrogens with zero attached hydrogens (tertiary/aromatic N) is 6. The Balaban J connectivity index is 1.51. The molecule has 0 saturated heterocycles. The van der Waals surface area contributed by atoms with Crippen molar-refractivity contribution in [1.82, 2.24) is 30.6 Å². The largest absolute Gasteiger partial charge is 0.335 e. The molecule has 2 N–H and O–H groups in total. The zero-order valence-electron chi connectivity index (χ0n) is 15.4. The van der Waals surface area contributed by atoms with Crippen LogP contribution in [0.2, 0.25) is 0 Å². The zero-order chi connectivity index (χ0) is 20.4. The first kappa shape index (κ1) is 18.6. The number of aromatic nitrogens is 6. The molecule has 1 aliphatic rings. The summed E-state index contributed by atoms with van der Waals surface area (Å²) in [6, 6.07) is 3.22. The molecule has 11 heteroatoms. The van der Waals surface area contributed by atoms with Crippen molar-refractivity contribution in [3.05, 3.63) is 59.1 Å². The fraction of sp³-hybridized carbons (Fsp3) is 0.222. The molecule has 3 aromatic rings. The van der Waals surface area contributed by atoms with Crippen molar-refractivity contribution < 1.29 is 13.6 Å². The molecule has 3 heterocycles. The highest BCUT2D eigenvalue weighted by atomic mass is 19.1. The molecule has 9 nitrogen and oxygen atoms in total. The average molecular weight is 398 g/mol. The van der Waals surface area contributed by atoms with Crippen molar-refractivity contribution in [1.29, 1.82) is 0 Å². The van der Waals surface area contributed by atoms with E-state index < -0.39 is 23.1 Å². The molecule has 0 unspecified atom stereocenters. The number of anilines is 2. The Morgan fingerprint density at radius 3 is 2.66 bits per heavy atom. The molecule has 29 heavy (non-hydrogen) atoms. The summed E-state index contributed by atoms with van der Waals surface area (Å²) in [5.74, 6) is -2.17. The van der Waals surface area contributed by atoms with Crippen molar-refractivity contribution in [2.45, 2.75) is 13.3 Å². The Labute approximate surface area is 163 Å². The van der Waals surface area contributed by atoms with E-state index in [0.717, 1.165) is 36.2 Å². The molecular formula is C18H16F2N8O. The van der Waals surface area contributed by atoms with Gasteiger partial charge in [-0.1, -0.05) is 16.7 Å². The molecule has 148 valence electrons. The van der Waals surface area contributed by atoms with Gasteiger partial charge in [0.05, 0.1) is 18.1 Å². The third kappa shape index (κ3) is 3.79. The van der Waals surface area contributed by atoms with Crippen LogP contribution < -0.4 is 10.2 Å². The van der Waals surface area contributed by atoms with E-state index >= 15 is 0 Å². The van der Waals surface area contributed by atoms with Gasteiger partial charge in [-0.05, 0) is 41.5 Å². The Hall–Kier alpha value is -3.76. The molecule has 0 radical (unpaired) electrons. The van der Waals surface area contributed by atoms with Crippen LogP contribution in [-0.4, -0.2) is 49.6 Å². The summed E-state index contributed by atoms with van der Waals surface area (Å²) >= 11 is 0. The first-order valence-corrected chi connectivity index (χ1v) is 8.78. The zero-order valence-corrected chi connectivity index (χ0v) is 15.4. The second-order valence-electron chi connectivity index (χ2n) is 6.49. The number of nitrogens with one attached hydrogen (secondary N) is 2. The van der Waals surface area contributed by atoms with E-state index in [9.17, 15) is 13.6 Å². The van der Waals surface area contributed by atoms with Gasteiger partial charge in [-0.15, -0.1) is 0 Å². The van der Waals surface area contributed by atoms with E-state index in [1.807, 2.05) is 11.8 Å². The van der Waals surface area contributed by atoms with E-state index in [1.54, 1.807) is 0 Å². The number of rotatable bonds is 4. The quantitative estimate of drug-likeness (QED) is 0.693. The molecule has 0 saturated carbocycles. The van der Waals surface area contributed by atoms with E-state index in [-0.39, 0.29) is 5.82 Å². The Morgan fingerprint density at radius 1 is 1.21 bits per heavy atom. The number of halogens is 2. The minimum atomic E-state index is -0.947. The maximum absolute atomic E-state index is 13.7. The second kappa shape index (κ2) is 7.70. The first-order chi connectivity index (χ1) is 14.0. The lowest BCUT2D eigenvalue weighted by Crippen LogP contribution is -2.32. The lowest BCUT2D eigenvalue weighted by atomic mass is 9.99. The summed E-state index contributed by atoms with van der Waals surface area (Å²) in [6.45, 7) is 3.33. The minimum absolute atomic E-state index is 0.0896. The predicted octanol–water partition coefficient (Wildman–Crippen LogP) is 2.20. The number of H-pyrrole nitrogens is 1. The van der Waals surface area contributed by atoms with Gasteiger partial charge in [0, 0.05) is 13.1 Å². The Morgan fingerprint density at radius 2 is 2.00 bits per heavy atom. The van der Waals surface area contributed by atoms with Gasteiger partial charge < -0.3 is 10.2 Å². The molecule has 4 rings (SSSR count). The lowest BCUT2D eigenvalue weighted by molar-refractivity contribution is 0.101. The van der Waals surface area contributed by atoms with Crippen molar-refractivity contribution in [3.63, 3.8) is 0 Å². The molecule has 0 fully saturated rings. The van der Waals surface area contributed by atoms with Crippen molar-refractivity contribution in [2.75, 3.05) is 23.3 Å². The van der Waals surface area contributed by atoms with E-state index in [1.165, 1.54) is 18.5 Å². The average Bonchev–Trinajstić information content (AvgIpc) is 3.24. The maximum atomic E-state index is 13.7. The number of hydrogen-bond donors (Lipinski definition) is 2. The summed E-state index contributed by atoms with van der Waals surface area (Å²) in [6.07, 6.45) is 3.66. The fourth-order valence-electron chi connectivity index (χ4n) is 3.07. The Bertz CT molecular complexity index is 1050. The van der Waals surface area contributed by atoms with Crippen LogP contribution in [0.25, 0.3) is 5.57 Å². The standard InChI is InChI=1S/C18H16F2N8O/c1-10-5-6-28(18-24-26-27-25-18)9-11(10)14-7-22-15(8-21-14)23-17(29)16-12(19)3-2-4-13(16)20/h2-4,7-8H,5-6,9H2,1H3,(H,22,23,29)(H,24,25,26,27). The van der Waals surface area contributed by atoms with Gasteiger partial charge in [-0.3, -0.25) is 9.78 Å². The molecule has 0 aliphatic carbocycles. The highest BCUT2D eigenvalue weighted by Gasteiger charge is 2.22. The summed E-state index contributed by atoms with van der Waals surface area (Å²) in [4.78, 5) is 22.7. The number of carbonyl (C=O) groups excluding carboxylic acids is 1. The van der Waals surface area contributed by atoms with Crippen molar-refractivity contribution in [2.24, 2.45) is 0 Å². The van der Waals surface area contributed by atoms with Crippen LogP contribution >= 0.6 is 0 Å².